The van der Waals surface area contributed by atoms with Gasteiger partial charge in [0.2, 0.25) is 0 Å². The molecule has 7 rings (SSSR count). The Morgan fingerprint density at radius 1 is 0.759 bits per heavy atom. The average Bonchev–Trinajstić information content (AvgIpc) is 3.46. The van der Waals surface area contributed by atoms with Gasteiger partial charge in [-0.3, -0.25) is 0 Å². The number of rotatable bonds is 1. The number of hydrogen-bond acceptors (Lipinski definition) is 3. The fraction of sp³-hybridized carbons (Fsp3) is 0. The molecule has 0 atom stereocenters. The molecule has 0 N–H and O–H groups in total. The van der Waals surface area contributed by atoms with Crippen molar-refractivity contribution in [2.75, 3.05) is 0 Å². The second kappa shape index (κ2) is 5.46. The molecule has 0 amide bonds. The fourth-order valence-electron chi connectivity index (χ4n) is 4.50. The second-order valence-corrected chi connectivity index (χ2v) is 8.18. The van der Waals surface area contributed by atoms with E-state index in [-0.39, 0.29) is 0 Å². The highest BCUT2D eigenvalue weighted by Gasteiger charge is 2.18. The number of aromatic nitrogens is 2. The van der Waals surface area contributed by atoms with Crippen LogP contribution >= 0.6 is 11.3 Å². The summed E-state index contributed by atoms with van der Waals surface area (Å²) in [7, 11) is 0. The smallest absolute Gasteiger partial charge is 0.145 e. The van der Waals surface area contributed by atoms with Gasteiger partial charge in [-0.1, -0.05) is 36.4 Å². The van der Waals surface area contributed by atoms with Crippen LogP contribution in [0, 0.1) is 0 Å². The minimum atomic E-state index is 0.929. The molecule has 0 unspecified atom stereocenters. The molecule has 0 spiro atoms. The molecule has 3 nitrogen and oxygen atoms in total. The SMILES string of the molecule is c1ccc2c(c1)oc1c2ccc2c1c1ccccc1n2-c1ccc2ncsc2c1. The van der Waals surface area contributed by atoms with Crippen molar-refractivity contribution >= 4 is 65.3 Å². The van der Waals surface area contributed by atoms with E-state index in [4.69, 9.17) is 4.42 Å². The summed E-state index contributed by atoms with van der Waals surface area (Å²) in [6, 6.07) is 27.7. The minimum absolute atomic E-state index is 0.929. The Balaban J connectivity index is 1.69. The zero-order valence-corrected chi connectivity index (χ0v) is 16.1. The van der Waals surface area contributed by atoms with Gasteiger partial charge in [0.25, 0.3) is 0 Å². The standard InChI is InChI=1S/C25H14N2OS/c1-3-7-20-18(6-1)24-21(27(20)15-9-11-19-23(13-15)29-14-26-19)12-10-17-16-5-2-4-8-22(16)28-25(17)24/h1-14H. The highest BCUT2D eigenvalue weighted by molar-refractivity contribution is 7.16. The van der Waals surface area contributed by atoms with Crippen molar-refractivity contribution in [3.05, 3.63) is 84.4 Å². The summed E-state index contributed by atoms with van der Waals surface area (Å²) in [5, 5.41) is 4.69. The van der Waals surface area contributed by atoms with E-state index in [1.54, 1.807) is 11.3 Å². The van der Waals surface area contributed by atoms with E-state index in [1.165, 1.54) is 21.0 Å². The summed E-state index contributed by atoms with van der Waals surface area (Å²) >= 11 is 1.67. The molecule has 4 heteroatoms. The van der Waals surface area contributed by atoms with E-state index in [0.29, 0.717) is 0 Å². The maximum Gasteiger partial charge on any atom is 0.145 e. The van der Waals surface area contributed by atoms with Gasteiger partial charge in [0.15, 0.2) is 0 Å². The third-order valence-corrected chi connectivity index (χ3v) is 6.54. The molecule has 0 bridgehead atoms. The largest absolute Gasteiger partial charge is 0.455 e. The van der Waals surface area contributed by atoms with Crippen molar-refractivity contribution in [3.8, 4) is 5.69 Å². The summed E-state index contributed by atoms with van der Waals surface area (Å²) in [4.78, 5) is 4.43. The van der Waals surface area contributed by atoms with Gasteiger partial charge in [0, 0.05) is 21.8 Å². The Bertz CT molecular complexity index is 1720. The van der Waals surface area contributed by atoms with E-state index < -0.39 is 0 Å². The lowest BCUT2D eigenvalue weighted by Gasteiger charge is -2.07. The van der Waals surface area contributed by atoms with Crippen LogP contribution in [0.5, 0.6) is 0 Å². The van der Waals surface area contributed by atoms with Crippen LogP contribution < -0.4 is 0 Å². The molecular weight excluding hydrogens is 376 g/mol. The maximum absolute atomic E-state index is 6.36. The third kappa shape index (κ3) is 1.99. The Morgan fingerprint density at radius 3 is 2.59 bits per heavy atom. The average molecular weight is 390 g/mol. The van der Waals surface area contributed by atoms with Gasteiger partial charge in [-0.25, -0.2) is 4.98 Å². The van der Waals surface area contributed by atoms with Crippen LogP contribution in [-0.2, 0) is 0 Å². The molecule has 29 heavy (non-hydrogen) atoms. The highest BCUT2D eigenvalue weighted by Crippen LogP contribution is 2.40. The van der Waals surface area contributed by atoms with Crippen LogP contribution in [0.2, 0.25) is 0 Å². The van der Waals surface area contributed by atoms with Crippen molar-refractivity contribution < 1.29 is 4.42 Å². The minimum Gasteiger partial charge on any atom is -0.455 e. The topological polar surface area (TPSA) is 31.0 Å². The zero-order valence-electron chi connectivity index (χ0n) is 15.3. The van der Waals surface area contributed by atoms with Gasteiger partial charge in [0.05, 0.1) is 32.1 Å². The summed E-state index contributed by atoms with van der Waals surface area (Å²) in [6.45, 7) is 0. The molecule has 0 aliphatic heterocycles. The first-order chi connectivity index (χ1) is 14.4. The van der Waals surface area contributed by atoms with E-state index in [0.717, 1.165) is 38.7 Å². The third-order valence-electron chi connectivity index (χ3n) is 5.75. The summed E-state index contributed by atoms with van der Waals surface area (Å²) in [5.74, 6) is 0. The number of nitrogens with zero attached hydrogens (tertiary/aromatic N) is 2. The first-order valence-corrected chi connectivity index (χ1v) is 10.4. The van der Waals surface area contributed by atoms with E-state index in [9.17, 15) is 0 Å². The van der Waals surface area contributed by atoms with Crippen LogP contribution in [0.3, 0.4) is 0 Å². The number of furan rings is 1. The monoisotopic (exact) mass is 390 g/mol. The van der Waals surface area contributed by atoms with Crippen LogP contribution in [0.4, 0.5) is 0 Å². The van der Waals surface area contributed by atoms with Crippen molar-refractivity contribution in [2.45, 2.75) is 0 Å². The molecule has 4 aromatic carbocycles. The Hall–Kier alpha value is -3.63. The Kier molecular flexibility index (Phi) is 2.88. The molecule has 3 aromatic heterocycles. The van der Waals surface area contributed by atoms with Crippen LogP contribution in [-0.4, -0.2) is 9.55 Å². The molecule has 0 fully saturated rings. The lowest BCUT2D eigenvalue weighted by molar-refractivity contribution is 0.673. The summed E-state index contributed by atoms with van der Waals surface area (Å²) < 4.78 is 9.88. The molecule has 0 aliphatic carbocycles. The molecule has 0 saturated carbocycles. The molecule has 7 aromatic rings. The van der Waals surface area contributed by atoms with Crippen LogP contribution in [0.15, 0.2) is 88.8 Å². The van der Waals surface area contributed by atoms with Gasteiger partial charge in [-0.15, -0.1) is 11.3 Å². The van der Waals surface area contributed by atoms with Gasteiger partial charge in [0.1, 0.15) is 11.2 Å². The number of para-hydroxylation sites is 2. The van der Waals surface area contributed by atoms with Crippen molar-refractivity contribution in [1.29, 1.82) is 0 Å². The van der Waals surface area contributed by atoms with Crippen LogP contribution in [0.1, 0.15) is 0 Å². The predicted octanol–water partition coefficient (Wildman–Crippen LogP) is 7.29. The van der Waals surface area contributed by atoms with Gasteiger partial charge in [-0.05, 0) is 42.5 Å². The summed E-state index contributed by atoms with van der Waals surface area (Å²) in [6.07, 6.45) is 0. The normalized spacial score (nSPS) is 12.1. The maximum atomic E-state index is 6.36. The van der Waals surface area contributed by atoms with Gasteiger partial charge >= 0.3 is 0 Å². The number of benzene rings is 4. The zero-order chi connectivity index (χ0) is 18.9. The number of hydrogen-bond donors (Lipinski definition) is 0. The Labute approximate surface area is 169 Å². The quantitative estimate of drug-likeness (QED) is 0.295. The first-order valence-electron chi connectivity index (χ1n) is 9.55. The molecular formula is C25H14N2OS. The van der Waals surface area contributed by atoms with Crippen molar-refractivity contribution in [2.24, 2.45) is 0 Å². The number of fused-ring (bicyclic) bond motifs is 8. The van der Waals surface area contributed by atoms with Gasteiger partial charge < -0.3 is 8.98 Å². The molecule has 3 heterocycles. The molecule has 0 radical (unpaired) electrons. The summed E-state index contributed by atoms with van der Waals surface area (Å²) in [5.41, 5.74) is 8.30. The van der Waals surface area contributed by atoms with Crippen molar-refractivity contribution in [1.82, 2.24) is 9.55 Å². The molecule has 0 saturated heterocycles. The second-order valence-electron chi connectivity index (χ2n) is 7.29. The van der Waals surface area contributed by atoms with E-state index in [1.807, 2.05) is 17.6 Å². The van der Waals surface area contributed by atoms with E-state index >= 15 is 0 Å². The van der Waals surface area contributed by atoms with Crippen LogP contribution in [0.25, 0.3) is 59.6 Å². The lowest BCUT2D eigenvalue weighted by Crippen LogP contribution is -1.93. The van der Waals surface area contributed by atoms with E-state index in [2.05, 4.69) is 76.3 Å². The predicted molar refractivity (Wildman–Crippen MR) is 121 cm³/mol. The Morgan fingerprint density at radius 2 is 1.62 bits per heavy atom. The fourth-order valence-corrected chi connectivity index (χ4v) is 5.21. The van der Waals surface area contributed by atoms with Gasteiger partial charge in [-0.2, -0.15) is 0 Å². The van der Waals surface area contributed by atoms with Crippen molar-refractivity contribution in [3.63, 3.8) is 0 Å². The molecule has 136 valence electrons. The highest BCUT2D eigenvalue weighted by atomic mass is 32.1. The molecule has 0 aliphatic rings. The lowest BCUT2D eigenvalue weighted by atomic mass is 10.1. The first kappa shape index (κ1) is 15.3. The number of thiazole rings is 1.